The Balaban J connectivity index is 0.00000259. The first-order valence-electron chi connectivity index (χ1n) is 11.9. The van der Waals surface area contributed by atoms with E-state index in [2.05, 4.69) is 64.4 Å². The Labute approximate surface area is 203 Å². The first kappa shape index (κ1) is 23.9. The predicted molar refractivity (Wildman–Crippen MR) is 138 cm³/mol. The number of hydrogen-bond acceptors (Lipinski definition) is 4. The van der Waals surface area contributed by atoms with Gasteiger partial charge in [-0.2, -0.15) is 0 Å². The minimum atomic E-state index is 0. The summed E-state index contributed by atoms with van der Waals surface area (Å²) in [4.78, 5) is 5.29. The van der Waals surface area contributed by atoms with E-state index in [1.807, 2.05) is 0 Å². The Morgan fingerprint density at radius 2 is 1.61 bits per heavy atom. The van der Waals surface area contributed by atoms with Crippen LogP contribution in [-0.2, 0) is 19.4 Å². The minimum absolute atomic E-state index is 0. The third kappa shape index (κ3) is 5.46. The smallest absolute Gasteiger partial charge is 0.161 e. The largest absolute Gasteiger partial charge is 0.493 e. The summed E-state index contributed by atoms with van der Waals surface area (Å²) in [6.45, 7) is 6.96. The fourth-order valence-corrected chi connectivity index (χ4v) is 5.41. The molecule has 0 amide bonds. The molecule has 0 radical (unpaired) electrons. The molecule has 0 aliphatic carbocycles. The molecule has 0 aromatic heterocycles. The Morgan fingerprint density at radius 3 is 2.39 bits per heavy atom. The molecule has 5 rings (SSSR count). The van der Waals surface area contributed by atoms with Crippen molar-refractivity contribution in [3.8, 4) is 11.5 Å². The van der Waals surface area contributed by atoms with Crippen molar-refractivity contribution in [1.82, 2.24) is 9.80 Å². The van der Waals surface area contributed by atoms with Crippen molar-refractivity contribution < 1.29 is 9.47 Å². The highest BCUT2D eigenvalue weighted by Crippen LogP contribution is 2.33. The average molecular weight is 467 g/mol. The highest BCUT2D eigenvalue weighted by atomic mass is 35.5. The van der Waals surface area contributed by atoms with Crippen molar-refractivity contribution in [2.75, 3.05) is 46.9 Å². The van der Waals surface area contributed by atoms with E-state index in [9.17, 15) is 0 Å². The van der Waals surface area contributed by atoms with Crippen LogP contribution >= 0.6 is 12.4 Å². The highest BCUT2D eigenvalue weighted by Gasteiger charge is 2.26. The Bertz CT molecular complexity index is 1090. The van der Waals surface area contributed by atoms with Crippen LogP contribution in [0.2, 0.25) is 0 Å². The first-order chi connectivity index (χ1) is 15.7. The molecule has 5 heteroatoms. The summed E-state index contributed by atoms with van der Waals surface area (Å²) in [5, 5.41) is 2.68. The molecule has 0 spiro atoms. The van der Waals surface area contributed by atoms with Crippen LogP contribution in [0.1, 0.15) is 23.1 Å². The van der Waals surface area contributed by atoms with Gasteiger partial charge in [-0.3, -0.25) is 4.90 Å². The monoisotopic (exact) mass is 466 g/mol. The summed E-state index contributed by atoms with van der Waals surface area (Å²) in [5.41, 5.74) is 4.24. The molecule has 176 valence electrons. The second-order valence-electron chi connectivity index (χ2n) is 9.35. The summed E-state index contributed by atoms with van der Waals surface area (Å²) in [6.07, 6.45) is 3.54. The van der Waals surface area contributed by atoms with Crippen molar-refractivity contribution in [1.29, 1.82) is 0 Å². The zero-order valence-corrected chi connectivity index (χ0v) is 20.6. The van der Waals surface area contributed by atoms with Crippen LogP contribution < -0.4 is 9.47 Å². The minimum Gasteiger partial charge on any atom is -0.493 e. The molecule has 0 saturated carbocycles. The zero-order chi connectivity index (χ0) is 21.9. The summed E-state index contributed by atoms with van der Waals surface area (Å²) in [7, 11) is 3.43. The van der Waals surface area contributed by atoms with Crippen LogP contribution in [0.4, 0.5) is 0 Å². The van der Waals surface area contributed by atoms with Crippen molar-refractivity contribution in [3.63, 3.8) is 0 Å². The maximum Gasteiger partial charge on any atom is 0.161 e. The van der Waals surface area contributed by atoms with E-state index in [0.717, 1.165) is 49.9 Å². The van der Waals surface area contributed by atoms with Gasteiger partial charge in [-0.05, 0) is 71.3 Å². The molecule has 1 saturated heterocycles. The molecule has 3 aromatic rings. The average Bonchev–Trinajstić information content (AvgIpc) is 3.28. The van der Waals surface area contributed by atoms with E-state index in [0.29, 0.717) is 0 Å². The molecular weight excluding hydrogens is 432 g/mol. The van der Waals surface area contributed by atoms with Gasteiger partial charge in [0.15, 0.2) is 11.5 Å². The van der Waals surface area contributed by atoms with Gasteiger partial charge in [-0.15, -0.1) is 12.4 Å². The fraction of sp³-hybridized carbons (Fsp3) is 0.429. The molecule has 3 aromatic carbocycles. The topological polar surface area (TPSA) is 24.9 Å². The number of halogens is 1. The van der Waals surface area contributed by atoms with Gasteiger partial charge in [0.1, 0.15) is 0 Å². The van der Waals surface area contributed by atoms with Gasteiger partial charge in [0, 0.05) is 32.7 Å². The van der Waals surface area contributed by atoms with Crippen LogP contribution in [0.15, 0.2) is 54.6 Å². The Hall–Kier alpha value is -2.27. The lowest BCUT2D eigenvalue weighted by Gasteiger charge is -2.31. The van der Waals surface area contributed by atoms with E-state index in [-0.39, 0.29) is 12.4 Å². The number of nitrogens with zero attached hydrogens (tertiary/aromatic N) is 2. The molecule has 4 nitrogen and oxygen atoms in total. The van der Waals surface area contributed by atoms with Crippen molar-refractivity contribution >= 4 is 23.2 Å². The lowest BCUT2D eigenvalue weighted by molar-refractivity contribution is 0.209. The number of hydrogen-bond donors (Lipinski definition) is 0. The molecule has 33 heavy (non-hydrogen) atoms. The molecule has 0 N–H and O–H groups in total. The van der Waals surface area contributed by atoms with Crippen LogP contribution in [0.5, 0.6) is 11.5 Å². The van der Waals surface area contributed by atoms with E-state index in [1.165, 1.54) is 53.5 Å². The Morgan fingerprint density at radius 1 is 0.848 bits per heavy atom. The third-order valence-electron chi connectivity index (χ3n) is 7.21. The van der Waals surface area contributed by atoms with Crippen LogP contribution in [0.3, 0.4) is 0 Å². The second kappa shape index (κ2) is 10.8. The maximum atomic E-state index is 5.52. The SMILES string of the molecule is COc1cc2c(cc1OC)CN(CC1CCN(CCc3ccc4ccccc4c3)C1)CC2.Cl. The van der Waals surface area contributed by atoms with E-state index in [1.54, 1.807) is 14.2 Å². The maximum absolute atomic E-state index is 5.52. The number of rotatable bonds is 7. The molecule has 2 aliphatic rings. The van der Waals surface area contributed by atoms with E-state index in [4.69, 9.17) is 9.47 Å². The number of methoxy groups -OCH3 is 2. The number of ether oxygens (including phenoxy) is 2. The Kier molecular flexibility index (Phi) is 7.79. The fourth-order valence-electron chi connectivity index (χ4n) is 5.41. The normalized spacial score (nSPS) is 18.7. The molecule has 1 atom stereocenters. The molecule has 2 aliphatic heterocycles. The number of likely N-dealkylation sites (tertiary alicyclic amines) is 1. The van der Waals surface area contributed by atoms with E-state index >= 15 is 0 Å². The van der Waals surface area contributed by atoms with Gasteiger partial charge >= 0.3 is 0 Å². The van der Waals surface area contributed by atoms with Gasteiger partial charge in [-0.1, -0.05) is 42.5 Å². The second-order valence-corrected chi connectivity index (χ2v) is 9.35. The molecule has 1 unspecified atom stereocenters. The summed E-state index contributed by atoms with van der Waals surface area (Å²) in [6, 6.07) is 19.9. The van der Waals surface area contributed by atoms with Crippen molar-refractivity contribution in [2.45, 2.75) is 25.8 Å². The van der Waals surface area contributed by atoms with Gasteiger partial charge < -0.3 is 14.4 Å². The molecule has 0 bridgehead atoms. The predicted octanol–water partition coefficient (Wildman–Crippen LogP) is 5.20. The number of fused-ring (bicyclic) bond motifs is 2. The van der Waals surface area contributed by atoms with Crippen molar-refractivity contribution in [3.05, 3.63) is 71.3 Å². The molecule has 1 fully saturated rings. The summed E-state index contributed by atoms with van der Waals surface area (Å²) >= 11 is 0. The third-order valence-corrected chi connectivity index (χ3v) is 7.21. The molecule has 2 heterocycles. The van der Waals surface area contributed by atoms with Gasteiger partial charge in [0.05, 0.1) is 14.2 Å². The van der Waals surface area contributed by atoms with Gasteiger partial charge in [-0.25, -0.2) is 0 Å². The van der Waals surface area contributed by atoms with E-state index < -0.39 is 0 Å². The highest BCUT2D eigenvalue weighted by molar-refractivity contribution is 5.85. The van der Waals surface area contributed by atoms with Crippen LogP contribution in [0.25, 0.3) is 10.8 Å². The summed E-state index contributed by atoms with van der Waals surface area (Å²) in [5.74, 6) is 2.46. The number of benzene rings is 3. The lowest BCUT2D eigenvalue weighted by Crippen LogP contribution is -2.35. The van der Waals surface area contributed by atoms with Gasteiger partial charge in [0.2, 0.25) is 0 Å². The van der Waals surface area contributed by atoms with Gasteiger partial charge in [0.25, 0.3) is 0 Å². The zero-order valence-electron chi connectivity index (χ0n) is 19.8. The standard InChI is InChI=1S/C28H34N2O2.ClH/c1-31-27-16-25-11-14-30(20-26(25)17-28(27)32-2)19-22-10-13-29(18-22)12-9-21-7-8-23-5-3-4-6-24(23)15-21;/h3-8,15-17,22H,9-14,18-20H2,1-2H3;1H. The lowest BCUT2D eigenvalue weighted by atomic mass is 9.97. The quantitative estimate of drug-likeness (QED) is 0.477. The van der Waals surface area contributed by atoms with Crippen LogP contribution in [0, 0.1) is 5.92 Å². The summed E-state index contributed by atoms with van der Waals surface area (Å²) < 4.78 is 11.0. The van der Waals surface area contributed by atoms with Crippen molar-refractivity contribution in [2.24, 2.45) is 5.92 Å². The first-order valence-corrected chi connectivity index (χ1v) is 11.9. The van der Waals surface area contributed by atoms with Crippen LogP contribution in [-0.4, -0.2) is 56.7 Å². The molecular formula is C28H35ClN2O2.